The van der Waals surface area contributed by atoms with Crippen LogP contribution in [0.25, 0.3) is 0 Å². The van der Waals surface area contributed by atoms with E-state index in [1.165, 1.54) is 4.90 Å². The number of aliphatic imine (C=N–C) groups is 1. The number of guanidine groups is 1. The maximum Gasteiger partial charge on any atom is 0.243 e. The summed E-state index contributed by atoms with van der Waals surface area (Å²) in [6.45, 7) is 5.57. The molecule has 1 aromatic rings. The molecule has 1 aliphatic heterocycles. The molecule has 0 bridgehead atoms. The van der Waals surface area contributed by atoms with Crippen molar-refractivity contribution in [2.45, 2.75) is 39.3 Å². The van der Waals surface area contributed by atoms with E-state index in [0.29, 0.717) is 5.96 Å². The van der Waals surface area contributed by atoms with Crippen molar-refractivity contribution < 1.29 is 4.79 Å². The second kappa shape index (κ2) is 7.24. The minimum absolute atomic E-state index is 0.0185. The van der Waals surface area contributed by atoms with Crippen LogP contribution in [0.5, 0.6) is 0 Å². The van der Waals surface area contributed by atoms with Gasteiger partial charge in [-0.15, -0.1) is 0 Å². The van der Waals surface area contributed by atoms with Gasteiger partial charge in [0.15, 0.2) is 5.96 Å². The van der Waals surface area contributed by atoms with E-state index in [4.69, 9.17) is 0 Å². The van der Waals surface area contributed by atoms with Gasteiger partial charge in [0.05, 0.1) is 6.54 Å². The Labute approximate surface area is 131 Å². The molecule has 8 nitrogen and oxygen atoms in total. The van der Waals surface area contributed by atoms with Crippen LogP contribution < -0.4 is 10.6 Å². The van der Waals surface area contributed by atoms with Gasteiger partial charge in [-0.3, -0.25) is 4.79 Å². The van der Waals surface area contributed by atoms with Gasteiger partial charge in [-0.2, -0.15) is 5.10 Å². The predicted molar refractivity (Wildman–Crippen MR) is 84.7 cm³/mol. The van der Waals surface area contributed by atoms with Crippen molar-refractivity contribution in [1.82, 2.24) is 30.3 Å². The van der Waals surface area contributed by atoms with Crippen LogP contribution >= 0.6 is 0 Å². The highest BCUT2D eigenvalue weighted by atomic mass is 16.2. The molecule has 0 aromatic carbocycles. The molecule has 0 aliphatic carbocycles. The number of nitrogens with one attached hydrogen (secondary N) is 2. The molecule has 22 heavy (non-hydrogen) atoms. The average Bonchev–Trinajstić information content (AvgIpc) is 2.83. The Bertz CT molecular complexity index is 549. The number of hydrogen-bond acceptors (Lipinski definition) is 4. The third kappa shape index (κ3) is 4.19. The van der Waals surface area contributed by atoms with E-state index in [0.717, 1.165) is 37.6 Å². The summed E-state index contributed by atoms with van der Waals surface area (Å²) in [6, 6.07) is 0.237. The summed E-state index contributed by atoms with van der Waals surface area (Å²) in [6.07, 6.45) is 1.87. The zero-order chi connectivity index (χ0) is 16.1. The normalized spacial score (nSPS) is 17.8. The SMILES string of the molecule is CCNC(=NCC(=O)N(C)C)NC1CCc2nc(C)nn2C1. The van der Waals surface area contributed by atoms with Crippen LogP contribution in [0, 0.1) is 6.92 Å². The Morgan fingerprint density at radius 2 is 2.27 bits per heavy atom. The molecule has 1 atom stereocenters. The lowest BCUT2D eigenvalue weighted by molar-refractivity contribution is -0.127. The van der Waals surface area contributed by atoms with Gasteiger partial charge in [-0.05, 0) is 20.3 Å². The van der Waals surface area contributed by atoms with E-state index in [1.54, 1.807) is 14.1 Å². The van der Waals surface area contributed by atoms with Gasteiger partial charge in [0.25, 0.3) is 0 Å². The van der Waals surface area contributed by atoms with Crippen LogP contribution in [0.15, 0.2) is 4.99 Å². The fourth-order valence-electron chi connectivity index (χ4n) is 2.35. The molecular formula is C14H25N7O. The molecule has 8 heteroatoms. The zero-order valence-electron chi connectivity index (χ0n) is 13.8. The molecule has 2 heterocycles. The first-order chi connectivity index (χ1) is 10.5. The first kappa shape index (κ1) is 16.3. The van der Waals surface area contributed by atoms with E-state index in [1.807, 2.05) is 18.5 Å². The minimum Gasteiger partial charge on any atom is -0.357 e. The van der Waals surface area contributed by atoms with Gasteiger partial charge in [-0.1, -0.05) is 0 Å². The zero-order valence-corrected chi connectivity index (χ0v) is 13.8. The van der Waals surface area contributed by atoms with E-state index < -0.39 is 0 Å². The van der Waals surface area contributed by atoms with Crippen molar-refractivity contribution in [2.75, 3.05) is 27.2 Å². The molecule has 1 unspecified atom stereocenters. The lowest BCUT2D eigenvalue weighted by Gasteiger charge is -2.25. The smallest absolute Gasteiger partial charge is 0.243 e. The van der Waals surface area contributed by atoms with E-state index in [2.05, 4.69) is 25.7 Å². The van der Waals surface area contributed by atoms with Crippen molar-refractivity contribution in [2.24, 2.45) is 4.99 Å². The Balaban J connectivity index is 1.96. The molecule has 122 valence electrons. The molecule has 0 spiro atoms. The Morgan fingerprint density at radius 3 is 2.95 bits per heavy atom. The van der Waals surface area contributed by atoms with Crippen LogP contribution in [-0.2, 0) is 17.8 Å². The summed E-state index contributed by atoms with van der Waals surface area (Å²) in [5.74, 6) is 2.51. The predicted octanol–water partition coefficient (Wildman–Crippen LogP) is -0.455. The van der Waals surface area contributed by atoms with Crippen LogP contribution in [0.1, 0.15) is 25.0 Å². The molecule has 2 rings (SSSR count). The van der Waals surface area contributed by atoms with Crippen LogP contribution in [0.2, 0.25) is 0 Å². The average molecular weight is 307 g/mol. The summed E-state index contributed by atoms with van der Waals surface area (Å²) in [7, 11) is 3.46. The fraction of sp³-hybridized carbons (Fsp3) is 0.714. The third-order valence-electron chi connectivity index (χ3n) is 3.52. The van der Waals surface area contributed by atoms with Crippen LogP contribution in [-0.4, -0.2) is 64.8 Å². The highest BCUT2D eigenvalue weighted by molar-refractivity contribution is 5.84. The van der Waals surface area contributed by atoms with Gasteiger partial charge >= 0.3 is 0 Å². The number of carbonyl (C=O) groups excluding carboxylic acids is 1. The molecule has 1 aliphatic rings. The first-order valence-electron chi connectivity index (χ1n) is 7.65. The number of carbonyl (C=O) groups is 1. The Hall–Kier alpha value is -2.12. The lowest BCUT2D eigenvalue weighted by atomic mass is 10.1. The quantitative estimate of drug-likeness (QED) is 0.581. The standard InChI is InChI=1S/C14H25N7O/c1-5-15-14(16-8-13(22)20(3)4)18-11-6-7-12-17-10(2)19-21(12)9-11/h11H,5-9H2,1-4H3,(H2,15,16,18). The minimum atomic E-state index is -0.0185. The highest BCUT2D eigenvalue weighted by Crippen LogP contribution is 2.12. The van der Waals surface area contributed by atoms with Crippen molar-refractivity contribution >= 4 is 11.9 Å². The van der Waals surface area contributed by atoms with Crippen LogP contribution in [0.4, 0.5) is 0 Å². The summed E-state index contributed by atoms with van der Waals surface area (Å²) in [5.41, 5.74) is 0. The summed E-state index contributed by atoms with van der Waals surface area (Å²) < 4.78 is 1.95. The number of fused-ring (bicyclic) bond motifs is 1. The van der Waals surface area contributed by atoms with Gasteiger partial charge in [0.2, 0.25) is 5.91 Å². The topological polar surface area (TPSA) is 87.4 Å². The van der Waals surface area contributed by atoms with E-state index in [-0.39, 0.29) is 18.5 Å². The molecule has 1 aromatic heterocycles. The molecule has 0 saturated heterocycles. The van der Waals surface area contributed by atoms with E-state index in [9.17, 15) is 4.79 Å². The van der Waals surface area contributed by atoms with Gasteiger partial charge in [0.1, 0.15) is 18.2 Å². The van der Waals surface area contributed by atoms with Crippen molar-refractivity contribution in [3.63, 3.8) is 0 Å². The van der Waals surface area contributed by atoms with Crippen molar-refractivity contribution in [3.05, 3.63) is 11.6 Å². The summed E-state index contributed by atoms with van der Waals surface area (Å²) >= 11 is 0. The number of aromatic nitrogens is 3. The number of amides is 1. The summed E-state index contributed by atoms with van der Waals surface area (Å²) in [4.78, 5) is 21.9. The Kier molecular flexibility index (Phi) is 5.35. The number of likely N-dealkylation sites (N-methyl/N-ethyl adjacent to an activating group) is 1. The Morgan fingerprint density at radius 1 is 1.50 bits per heavy atom. The van der Waals surface area contributed by atoms with Crippen molar-refractivity contribution in [1.29, 1.82) is 0 Å². The second-order valence-corrected chi connectivity index (χ2v) is 5.62. The fourth-order valence-corrected chi connectivity index (χ4v) is 2.35. The highest BCUT2D eigenvalue weighted by Gasteiger charge is 2.21. The summed E-state index contributed by atoms with van der Waals surface area (Å²) in [5, 5.41) is 11.0. The molecule has 0 radical (unpaired) electrons. The number of nitrogens with zero attached hydrogens (tertiary/aromatic N) is 5. The molecule has 0 fully saturated rings. The monoisotopic (exact) mass is 307 g/mol. The number of aryl methyl sites for hydroxylation is 2. The van der Waals surface area contributed by atoms with Crippen LogP contribution in [0.3, 0.4) is 0 Å². The maximum atomic E-state index is 11.7. The molecule has 0 saturated carbocycles. The second-order valence-electron chi connectivity index (χ2n) is 5.62. The largest absolute Gasteiger partial charge is 0.357 e. The number of rotatable bonds is 4. The molecule has 2 N–H and O–H groups in total. The lowest BCUT2D eigenvalue weighted by Crippen LogP contribution is -2.47. The van der Waals surface area contributed by atoms with Gasteiger partial charge < -0.3 is 15.5 Å². The van der Waals surface area contributed by atoms with Gasteiger partial charge in [0, 0.05) is 33.1 Å². The van der Waals surface area contributed by atoms with Gasteiger partial charge in [-0.25, -0.2) is 14.7 Å². The maximum absolute atomic E-state index is 11.7. The third-order valence-corrected chi connectivity index (χ3v) is 3.52. The van der Waals surface area contributed by atoms with E-state index >= 15 is 0 Å². The molecule has 1 amide bonds. The first-order valence-corrected chi connectivity index (χ1v) is 7.65. The molecular weight excluding hydrogens is 282 g/mol. The number of hydrogen-bond donors (Lipinski definition) is 2. The van der Waals surface area contributed by atoms with Crippen molar-refractivity contribution in [3.8, 4) is 0 Å².